The van der Waals surface area contributed by atoms with Crippen molar-refractivity contribution in [3.63, 3.8) is 0 Å². The van der Waals surface area contributed by atoms with Gasteiger partial charge in [-0.25, -0.2) is 4.39 Å². The van der Waals surface area contributed by atoms with Crippen LogP contribution in [-0.2, 0) is 4.79 Å². The molecule has 1 aromatic rings. The molecule has 1 aromatic carbocycles. The highest BCUT2D eigenvalue weighted by molar-refractivity contribution is 5.94. The van der Waals surface area contributed by atoms with Gasteiger partial charge in [-0.1, -0.05) is 0 Å². The highest BCUT2D eigenvalue weighted by Gasteiger charge is 2.50. The summed E-state index contributed by atoms with van der Waals surface area (Å²) in [6.45, 7) is 2.03. The van der Waals surface area contributed by atoms with Crippen molar-refractivity contribution in [1.29, 1.82) is 0 Å². The molecule has 6 rings (SSSR count). The van der Waals surface area contributed by atoms with E-state index in [1.54, 1.807) is 4.90 Å². The highest BCUT2D eigenvalue weighted by Crippen LogP contribution is 2.59. The van der Waals surface area contributed by atoms with Gasteiger partial charge in [0.2, 0.25) is 5.91 Å². The number of amides is 2. The first kappa shape index (κ1) is 19.1. The van der Waals surface area contributed by atoms with Crippen LogP contribution in [0.1, 0.15) is 61.7 Å². The molecule has 5 aliphatic rings. The Morgan fingerprint density at radius 3 is 2.07 bits per heavy atom. The summed E-state index contributed by atoms with van der Waals surface area (Å²) in [5.74, 6) is 2.47. The number of hydrogen-bond donors (Lipinski definition) is 1. The first-order valence-corrected chi connectivity index (χ1v) is 11.3. The van der Waals surface area contributed by atoms with E-state index in [-0.39, 0.29) is 23.5 Å². The van der Waals surface area contributed by atoms with Crippen LogP contribution in [0, 0.1) is 34.9 Å². The van der Waals surface area contributed by atoms with Crippen LogP contribution in [0.15, 0.2) is 24.3 Å². The molecule has 4 aliphatic carbocycles. The molecule has 1 aliphatic heterocycles. The van der Waals surface area contributed by atoms with Gasteiger partial charge in [0.15, 0.2) is 0 Å². The van der Waals surface area contributed by atoms with Crippen LogP contribution in [-0.4, -0.2) is 36.3 Å². The van der Waals surface area contributed by atoms with E-state index in [0.29, 0.717) is 36.9 Å². The lowest BCUT2D eigenvalue weighted by molar-refractivity contribution is -0.128. The van der Waals surface area contributed by atoms with Crippen LogP contribution in [0.25, 0.3) is 0 Å². The van der Waals surface area contributed by atoms with E-state index in [0.717, 1.165) is 24.3 Å². The Morgan fingerprint density at radius 1 is 0.966 bits per heavy atom. The van der Waals surface area contributed by atoms with Crippen molar-refractivity contribution in [2.45, 2.75) is 51.4 Å². The van der Waals surface area contributed by atoms with Gasteiger partial charge in [-0.15, -0.1) is 0 Å². The second kappa shape index (κ2) is 7.41. The molecular formula is C24H31FN2O2. The van der Waals surface area contributed by atoms with Crippen LogP contribution in [0.2, 0.25) is 0 Å². The van der Waals surface area contributed by atoms with Crippen molar-refractivity contribution in [2.75, 3.05) is 19.6 Å². The van der Waals surface area contributed by atoms with E-state index in [1.165, 1.54) is 62.8 Å². The third-order valence-corrected chi connectivity index (χ3v) is 8.05. The van der Waals surface area contributed by atoms with Crippen LogP contribution in [0.5, 0.6) is 0 Å². The number of carbonyl (C=O) groups excluding carboxylic acids is 2. The molecule has 1 N–H and O–H groups in total. The Hall–Kier alpha value is -1.91. The van der Waals surface area contributed by atoms with Gasteiger partial charge in [0, 0.05) is 31.1 Å². The summed E-state index contributed by atoms with van der Waals surface area (Å²) >= 11 is 0. The average Bonchev–Trinajstić information content (AvgIpc) is 2.71. The summed E-state index contributed by atoms with van der Waals surface area (Å²) in [6.07, 6.45) is 9.62. The molecule has 29 heavy (non-hydrogen) atoms. The van der Waals surface area contributed by atoms with Crippen molar-refractivity contribution in [3.05, 3.63) is 35.6 Å². The van der Waals surface area contributed by atoms with Crippen molar-refractivity contribution in [3.8, 4) is 0 Å². The lowest BCUT2D eigenvalue weighted by Crippen LogP contribution is -2.52. The van der Waals surface area contributed by atoms with Gasteiger partial charge in [-0.3, -0.25) is 9.59 Å². The molecule has 2 amide bonds. The molecule has 1 heterocycles. The summed E-state index contributed by atoms with van der Waals surface area (Å²) in [7, 11) is 0. The lowest BCUT2D eigenvalue weighted by Gasteiger charge is -2.57. The standard InChI is InChI=1S/C24H31FN2O2/c25-21-3-1-20(2-4-21)23(29)27-7-5-19(6-8-27)22(28)26-15-24-12-16-9-17(13-24)11-18(10-16)14-24/h1-4,16-19H,5-15H2,(H,26,28). The van der Waals surface area contributed by atoms with Gasteiger partial charge in [0.25, 0.3) is 5.91 Å². The minimum Gasteiger partial charge on any atom is -0.355 e. The van der Waals surface area contributed by atoms with Crippen molar-refractivity contribution < 1.29 is 14.0 Å². The molecule has 0 spiro atoms. The molecule has 0 radical (unpaired) electrons. The Kier molecular flexibility index (Phi) is 4.87. The summed E-state index contributed by atoms with van der Waals surface area (Å²) < 4.78 is 13.1. The number of hydrogen-bond acceptors (Lipinski definition) is 2. The number of likely N-dealkylation sites (tertiary alicyclic amines) is 1. The quantitative estimate of drug-likeness (QED) is 0.833. The summed E-state index contributed by atoms with van der Waals surface area (Å²) in [4.78, 5) is 27.2. The minimum atomic E-state index is -0.337. The fraction of sp³-hybridized carbons (Fsp3) is 0.667. The molecule has 4 bridgehead atoms. The Bertz CT molecular complexity index is 747. The van der Waals surface area contributed by atoms with E-state index in [1.807, 2.05) is 0 Å². The predicted octanol–water partition coefficient (Wildman–Crippen LogP) is 4.01. The van der Waals surface area contributed by atoms with Crippen molar-refractivity contribution in [1.82, 2.24) is 10.2 Å². The van der Waals surface area contributed by atoms with E-state index >= 15 is 0 Å². The Morgan fingerprint density at radius 2 is 1.52 bits per heavy atom. The summed E-state index contributed by atoms with van der Waals surface area (Å²) in [5.41, 5.74) is 0.875. The number of piperidine rings is 1. The fourth-order valence-corrected chi connectivity index (χ4v) is 7.05. The normalized spacial score (nSPS) is 33.7. The maximum absolute atomic E-state index is 13.1. The van der Waals surface area contributed by atoms with Gasteiger partial charge < -0.3 is 10.2 Å². The van der Waals surface area contributed by atoms with Crippen molar-refractivity contribution in [2.24, 2.45) is 29.1 Å². The molecule has 4 nitrogen and oxygen atoms in total. The monoisotopic (exact) mass is 398 g/mol. The van der Waals surface area contributed by atoms with Crippen LogP contribution < -0.4 is 5.32 Å². The fourth-order valence-electron chi connectivity index (χ4n) is 7.05. The molecule has 156 valence electrons. The molecular weight excluding hydrogens is 367 g/mol. The maximum Gasteiger partial charge on any atom is 0.253 e. The highest BCUT2D eigenvalue weighted by atomic mass is 19.1. The zero-order valence-corrected chi connectivity index (χ0v) is 17.0. The van der Waals surface area contributed by atoms with Crippen LogP contribution in [0.3, 0.4) is 0 Å². The third-order valence-electron chi connectivity index (χ3n) is 8.05. The van der Waals surface area contributed by atoms with Gasteiger partial charge in [0.05, 0.1) is 0 Å². The number of nitrogens with one attached hydrogen (secondary N) is 1. The van der Waals surface area contributed by atoms with E-state index in [2.05, 4.69) is 5.32 Å². The summed E-state index contributed by atoms with van der Waals surface area (Å²) in [5, 5.41) is 3.31. The predicted molar refractivity (Wildman–Crippen MR) is 109 cm³/mol. The molecule has 0 aromatic heterocycles. The smallest absolute Gasteiger partial charge is 0.253 e. The van der Waals surface area contributed by atoms with Gasteiger partial charge >= 0.3 is 0 Å². The number of benzene rings is 1. The first-order valence-electron chi connectivity index (χ1n) is 11.3. The van der Waals surface area contributed by atoms with Crippen LogP contribution in [0.4, 0.5) is 4.39 Å². The zero-order chi connectivity index (χ0) is 20.0. The largest absolute Gasteiger partial charge is 0.355 e. The second-order valence-electron chi connectivity index (χ2n) is 10.2. The molecule has 4 saturated carbocycles. The molecule has 5 fully saturated rings. The van der Waals surface area contributed by atoms with Gasteiger partial charge in [0.1, 0.15) is 5.82 Å². The number of carbonyl (C=O) groups is 2. The van der Waals surface area contributed by atoms with E-state index in [9.17, 15) is 14.0 Å². The number of halogens is 1. The molecule has 0 unspecified atom stereocenters. The molecule has 5 heteroatoms. The topological polar surface area (TPSA) is 49.4 Å². The Balaban J connectivity index is 1.12. The summed E-state index contributed by atoms with van der Waals surface area (Å²) in [6, 6.07) is 5.69. The van der Waals surface area contributed by atoms with E-state index < -0.39 is 0 Å². The zero-order valence-electron chi connectivity index (χ0n) is 17.0. The third kappa shape index (κ3) is 3.80. The maximum atomic E-state index is 13.1. The Labute approximate surface area is 172 Å². The SMILES string of the molecule is O=C(NCC12CC3CC(CC(C3)C1)C2)C1CCN(C(=O)c2ccc(F)cc2)CC1. The molecule has 0 atom stereocenters. The van der Waals surface area contributed by atoms with E-state index in [4.69, 9.17) is 0 Å². The second-order valence-corrected chi connectivity index (χ2v) is 10.2. The van der Waals surface area contributed by atoms with Gasteiger partial charge in [-0.05, 0) is 98.8 Å². The number of rotatable bonds is 4. The number of nitrogens with zero attached hydrogens (tertiary/aromatic N) is 1. The van der Waals surface area contributed by atoms with Crippen molar-refractivity contribution >= 4 is 11.8 Å². The molecule has 1 saturated heterocycles. The minimum absolute atomic E-state index is 0.00109. The first-order chi connectivity index (χ1) is 14.0. The van der Waals surface area contributed by atoms with Gasteiger partial charge in [-0.2, -0.15) is 0 Å². The van der Waals surface area contributed by atoms with Crippen LogP contribution >= 0.6 is 0 Å². The lowest BCUT2D eigenvalue weighted by atomic mass is 9.49. The average molecular weight is 399 g/mol.